The summed E-state index contributed by atoms with van der Waals surface area (Å²) in [6.45, 7) is 3.48. The van der Waals surface area contributed by atoms with Gasteiger partial charge in [-0.05, 0) is 42.7 Å². The summed E-state index contributed by atoms with van der Waals surface area (Å²) < 4.78 is 27.6. The van der Waals surface area contributed by atoms with Crippen LogP contribution in [0.5, 0.6) is 0 Å². The lowest BCUT2D eigenvalue weighted by atomic mass is 10.1. The van der Waals surface area contributed by atoms with E-state index < -0.39 is 10.0 Å². The largest absolute Gasteiger partial charge is 0.342 e. The third kappa shape index (κ3) is 6.38. The zero-order valence-corrected chi connectivity index (χ0v) is 18.5. The van der Waals surface area contributed by atoms with Gasteiger partial charge in [0.05, 0.1) is 10.8 Å². The summed E-state index contributed by atoms with van der Waals surface area (Å²) in [6, 6.07) is 15.7. The standard InChI is InChI=1S/C23H29N3O4S/c1-2-3-15-26-17-19(16-22(26)27)23(28)25-20-9-11-21(12-10-20)31(29,30)24-14-13-18-7-5-4-6-8-18/h4-12,19,24H,2-3,13-17H2,1H3,(H,25,28)/t19-/m1/s1. The molecule has 1 heterocycles. The average molecular weight is 444 g/mol. The number of sulfonamides is 1. The molecule has 1 atom stereocenters. The van der Waals surface area contributed by atoms with Crippen LogP contribution in [0.3, 0.4) is 0 Å². The summed E-state index contributed by atoms with van der Waals surface area (Å²) in [7, 11) is -3.63. The Labute approximate surface area is 183 Å². The normalized spacial score (nSPS) is 16.5. The van der Waals surface area contributed by atoms with Crippen LogP contribution >= 0.6 is 0 Å². The Morgan fingerprint density at radius 2 is 1.81 bits per heavy atom. The fourth-order valence-electron chi connectivity index (χ4n) is 3.53. The van der Waals surface area contributed by atoms with E-state index in [2.05, 4.69) is 17.0 Å². The van der Waals surface area contributed by atoms with Crippen LogP contribution in [0, 0.1) is 5.92 Å². The Hall–Kier alpha value is -2.71. The second-order valence-electron chi connectivity index (χ2n) is 7.74. The molecular weight excluding hydrogens is 414 g/mol. The highest BCUT2D eigenvalue weighted by Crippen LogP contribution is 2.21. The summed E-state index contributed by atoms with van der Waals surface area (Å²) >= 11 is 0. The molecule has 1 aliphatic rings. The first-order chi connectivity index (χ1) is 14.9. The van der Waals surface area contributed by atoms with E-state index in [-0.39, 0.29) is 29.0 Å². The van der Waals surface area contributed by atoms with E-state index >= 15 is 0 Å². The van der Waals surface area contributed by atoms with Crippen molar-refractivity contribution in [1.82, 2.24) is 9.62 Å². The lowest BCUT2D eigenvalue weighted by Crippen LogP contribution is -2.29. The predicted octanol–water partition coefficient (Wildman–Crippen LogP) is 2.79. The van der Waals surface area contributed by atoms with E-state index in [0.29, 0.717) is 31.7 Å². The Kier molecular flexibility index (Phi) is 7.81. The number of amides is 2. The summed E-state index contributed by atoms with van der Waals surface area (Å²) in [4.78, 5) is 26.4. The maximum absolute atomic E-state index is 12.5. The second-order valence-corrected chi connectivity index (χ2v) is 9.51. The first-order valence-electron chi connectivity index (χ1n) is 10.6. The Bertz CT molecular complexity index is 991. The van der Waals surface area contributed by atoms with Crippen molar-refractivity contribution in [3.8, 4) is 0 Å². The topological polar surface area (TPSA) is 95.6 Å². The van der Waals surface area contributed by atoms with Crippen LogP contribution in [0.25, 0.3) is 0 Å². The van der Waals surface area contributed by atoms with Gasteiger partial charge >= 0.3 is 0 Å². The molecule has 2 N–H and O–H groups in total. The minimum atomic E-state index is -3.63. The maximum atomic E-state index is 12.5. The molecule has 2 aromatic rings. The highest BCUT2D eigenvalue weighted by Gasteiger charge is 2.33. The molecule has 0 spiro atoms. The number of hydrogen-bond acceptors (Lipinski definition) is 4. The molecule has 0 radical (unpaired) electrons. The van der Waals surface area contributed by atoms with E-state index in [1.807, 2.05) is 30.3 Å². The fourth-order valence-corrected chi connectivity index (χ4v) is 4.56. The van der Waals surface area contributed by atoms with Gasteiger partial charge in [-0.25, -0.2) is 13.1 Å². The van der Waals surface area contributed by atoms with Gasteiger partial charge in [-0.2, -0.15) is 0 Å². The molecule has 1 fully saturated rings. The van der Waals surface area contributed by atoms with Crippen molar-refractivity contribution in [2.45, 2.75) is 37.5 Å². The van der Waals surface area contributed by atoms with Crippen molar-refractivity contribution in [3.05, 3.63) is 60.2 Å². The molecule has 0 aliphatic carbocycles. The van der Waals surface area contributed by atoms with Gasteiger partial charge in [-0.3, -0.25) is 9.59 Å². The number of carbonyl (C=O) groups is 2. The third-order valence-corrected chi connectivity index (χ3v) is 6.82. The Morgan fingerprint density at radius 1 is 1.10 bits per heavy atom. The number of anilines is 1. The number of hydrogen-bond donors (Lipinski definition) is 2. The first-order valence-corrected chi connectivity index (χ1v) is 12.1. The minimum Gasteiger partial charge on any atom is -0.342 e. The smallest absolute Gasteiger partial charge is 0.240 e. The molecule has 1 aliphatic heterocycles. The van der Waals surface area contributed by atoms with Crippen LogP contribution < -0.4 is 10.0 Å². The van der Waals surface area contributed by atoms with E-state index in [1.54, 1.807) is 17.0 Å². The Morgan fingerprint density at radius 3 is 2.48 bits per heavy atom. The molecule has 2 aromatic carbocycles. The molecule has 3 rings (SSSR count). The monoisotopic (exact) mass is 443 g/mol. The minimum absolute atomic E-state index is 0.0108. The van der Waals surface area contributed by atoms with Gasteiger partial charge in [0.15, 0.2) is 0 Å². The molecule has 166 valence electrons. The van der Waals surface area contributed by atoms with Crippen LogP contribution in [-0.2, 0) is 26.0 Å². The van der Waals surface area contributed by atoms with Crippen molar-refractivity contribution in [2.24, 2.45) is 5.92 Å². The quantitative estimate of drug-likeness (QED) is 0.590. The van der Waals surface area contributed by atoms with Crippen LogP contribution in [0.1, 0.15) is 31.7 Å². The van der Waals surface area contributed by atoms with Crippen molar-refractivity contribution in [1.29, 1.82) is 0 Å². The van der Waals surface area contributed by atoms with E-state index in [4.69, 9.17) is 0 Å². The van der Waals surface area contributed by atoms with Crippen molar-refractivity contribution >= 4 is 27.5 Å². The summed E-state index contributed by atoms with van der Waals surface area (Å²) in [5, 5.41) is 2.79. The highest BCUT2D eigenvalue weighted by molar-refractivity contribution is 7.89. The average Bonchev–Trinajstić information content (AvgIpc) is 3.14. The molecule has 0 bridgehead atoms. The lowest BCUT2D eigenvalue weighted by Gasteiger charge is -2.16. The van der Waals surface area contributed by atoms with E-state index in [1.165, 1.54) is 12.1 Å². The molecule has 2 amide bonds. The van der Waals surface area contributed by atoms with Gasteiger partial charge < -0.3 is 10.2 Å². The van der Waals surface area contributed by atoms with E-state index in [9.17, 15) is 18.0 Å². The summed E-state index contributed by atoms with van der Waals surface area (Å²) in [5.74, 6) is -0.590. The summed E-state index contributed by atoms with van der Waals surface area (Å²) in [5.41, 5.74) is 1.56. The maximum Gasteiger partial charge on any atom is 0.240 e. The van der Waals surface area contributed by atoms with Crippen molar-refractivity contribution in [3.63, 3.8) is 0 Å². The molecular formula is C23H29N3O4S. The zero-order valence-electron chi connectivity index (χ0n) is 17.7. The van der Waals surface area contributed by atoms with Crippen LogP contribution in [0.4, 0.5) is 5.69 Å². The van der Waals surface area contributed by atoms with Gasteiger partial charge in [0.1, 0.15) is 0 Å². The second kappa shape index (κ2) is 10.5. The number of carbonyl (C=O) groups excluding carboxylic acids is 2. The molecule has 31 heavy (non-hydrogen) atoms. The van der Waals surface area contributed by atoms with Gasteiger partial charge in [0, 0.05) is 31.7 Å². The molecule has 7 nitrogen and oxygen atoms in total. The number of unbranched alkanes of at least 4 members (excludes halogenated alkanes) is 1. The molecule has 0 saturated carbocycles. The van der Waals surface area contributed by atoms with Crippen LogP contribution in [0.15, 0.2) is 59.5 Å². The lowest BCUT2D eigenvalue weighted by molar-refractivity contribution is -0.128. The summed E-state index contributed by atoms with van der Waals surface area (Å²) in [6.07, 6.45) is 2.74. The first kappa shape index (κ1) is 23.0. The molecule has 0 aromatic heterocycles. The fraction of sp³-hybridized carbons (Fsp3) is 0.391. The van der Waals surface area contributed by atoms with Crippen LogP contribution in [0.2, 0.25) is 0 Å². The van der Waals surface area contributed by atoms with Gasteiger partial charge in [0.2, 0.25) is 21.8 Å². The van der Waals surface area contributed by atoms with E-state index in [0.717, 1.165) is 18.4 Å². The number of nitrogens with one attached hydrogen (secondary N) is 2. The van der Waals surface area contributed by atoms with Gasteiger partial charge in [-0.1, -0.05) is 43.7 Å². The van der Waals surface area contributed by atoms with Crippen molar-refractivity contribution < 1.29 is 18.0 Å². The SMILES string of the molecule is CCCCN1C[C@H](C(=O)Nc2ccc(S(=O)(=O)NCCc3ccccc3)cc2)CC1=O. The highest BCUT2D eigenvalue weighted by atomic mass is 32.2. The number of rotatable bonds is 10. The van der Waals surface area contributed by atoms with Gasteiger partial charge in [-0.15, -0.1) is 0 Å². The number of nitrogens with zero attached hydrogens (tertiary/aromatic N) is 1. The molecule has 8 heteroatoms. The number of benzene rings is 2. The van der Waals surface area contributed by atoms with Gasteiger partial charge in [0.25, 0.3) is 0 Å². The van der Waals surface area contributed by atoms with Crippen LogP contribution in [-0.4, -0.2) is 44.8 Å². The molecule has 0 unspecified atom stereocenters. The Balaban J connectivity index is 1.52. The zero-order chi connectivity index (χ0) is 22.3. The third-order valence-electron chi connectivity index (χ3n) is 5.35. The number of likely N-dealkylation sites (tertiary alicyclic amines) is 1. The van der Waals surface area contributed by atoms with Crippen molar-refractivity contribution in [2.75, 3.05) is 25.0 Å². The molecule has 1 saturated heterocycles. The predicted molar refractivity (Wildman–Crippen MR) is 120 cm³/mol.